The van der Waals surface area contributed by atoms with Crippen molar-refractivity contribution in [3.05, 3.63) is 53.0 Å². The number of benzene rings is 1. The lowest BCUT2D eigenvalue weighted by Crippen LogP contribution is -2.46. The Kier molecular flexibility index (Phi) is 5.84. The molecule has 28 heavy (non-hydrogen) atoms. The first-order valence-corrected chi connectivity index (χ1v) is 10.1. The summed E-state index contributed by atoms with van der Waals surface area (Å²) in [6, 6.07) is 12.3. The summed E-state index contributed by atoms with van der Waals surface area (Å²) in [5.41, 5.74) is 3.14. The molecular weight excluding hydrogens is 350 g/mol. The van der Waals surface area contributed by atoms with Gasteiger partial charge in [0.05, 0.1) is 11.6 Å². The van der Waals surface area contributed by atoms with Crippen LogP contribution in [0.2, 0.25) is 0 Å². The van der Waals surface area contributed by atoms with Gasteiger partial charge in [-0.25, -0.2) is 9.97 Å². The van der Waals surface area contributed by atoms with E-state index in [0.717, 1.165) is 70.4 Å². The van der Waals surface area contributed by atoms with Crippen LogP contribution in [-0.4, -0.2) is 54.3 Å². The van der Waals surface area contributed by atoms with Gasteiger partial charge in [0.1, 0.15) is 11.6 Å². The van der Waals surface area contributed by atoms with E-state index >= 15 is 0 Å². The summed E-state index contributed by atoms with van der Waals surface area (Å²) in [7, 11) is 0. The number of aryl methyl sites for hydroxylation is 1. The van der Waals surface area contributed by atoms with Crippen LogP contribution in [0.3, 0.4) is 0 Å². The maximum atomic E-state index is 8.93. The molecule has 6 nitrogen and oxygen atoms in total. The molecule has 2 fully saturated rings. The maximum absolute atomic E-state index is 8.93. The molecule has 0 amide bonds. The van der Waals surface area contributed by atoms with Crippen LogP contribution in [0.5, 0.6) is 0 Å². The summed E-state index contributed by atoms with van der Waals surface area (Å²) in [5.74, 6) is 2.41. The topological polar surface area (TPSA) is 65.3 Å². The fourth-order valence-electron chi connectivity index (χ4n) is 4.02. The first-order valence-electron chi connectivity index (χ1n) is 10.1. The smallest absolute Gasteiger partial charge is 0.132 e. The van der Waals surface area contributed by atoms with E-state index in [1.807, 2.05) is 19.1 Å². The Morgan fingerprint density at radius 3 is 2.46 bits per heavy atom. The first-order chi connectivity index (χ1) is 13.7. The SMILES string of the molecule is Cc1nc(C2CCOCC2)cc(N2CCN(Cc3ccc(C#N)cc3)CC2)n1. The molecule has 0 atom stereocenters. The van der Waals surface area contributed by atoms with Gasteiger partial charge in [-0.1, -0.05) is 12.1 Å². The van der Waals surface area contributed by atoms with Crippen molar-refractivity contribution in [1.29, 1.82) is 5.26 Å². The number of nitrogens with zero attached hydrogens (tertiary/aromatic N) is 5. The van der Waals surface area contributed by atoms with Crippen molar-refractivity contribution >= 4 is 5.82 Å². The lowest BCUT2D eigenvalue weighted by atomic mass is 9.96. The molecular formula is C22H27N5O. The maximum Gasteiger partial charge on any atom is 0.132 e. The van der Waals surface area contributed by atoms with Crippen molar-refractivity contribution in [2.24, 2.45) is 0 Å². The van der Waals surface area contributed by atoms with Crippen molar-refractivity contribution in [2.75, 3.05) is 44.3 Å². The third-order valence-corrected chi connectivity index (χ3v) is 5.67. The molecule has 1 aromatic carbocycles. The zero-order chi connectivity index (χ0) is 19.3. The number of nitriles is 1. The van der Waals surface area contributed by atoms with Gasteiger partial charge in [-0.05, 0) is 37.5 Å². The zero-order valence-electron chi connectivity index (χ0n) is 16.5. The van der Waals surface area contributed by atoms with Gasteiger partial charge < -0.3 is 9.64 Å². The van der Waals surface area contributed by atoms with E-state index in [2.05, 4.69) is 34.1 Å². The van der Waals surface area contributed by atoms with Crippen molar-refractivity contribution in [2.45, 2.75) is 32.2 Å². The number of hydrogen-bond acceptors (Lipinski definition) is 6. The van der Waals surface area contributed by atoms with Gasteiger partial charge in [0.2, 0.25) is 0 Å². The van der Waals surface area contributed by atoms with Crippen molar-refractivity contribution < 1.29 is 4.74 Å². The lowest BCUT2D eigenvalue weighted by molar-refractivity contribution is 0.0844. The summed E-state index contributed by atoms with van der Waals surface area (Å²) >= 11 is 0. The van der Waals surface area contributed by atoms with Crippen LogP contribution in [0.25, 0.3) is 0 Å². The van der Waals surface area contributed by atoms with Gasteiger partial charge in [-0.2, -0.15) is 5.26 Å². The molecule has 2 saturated heterocycles. The molecule has 0 aliphatic carbocycles. The summed E-state index contributed by atoms with van der Waals surface area (Å²) < 4.78 is 5.50. The molecule has 0 N–H and O–H groups in total. The summed E-state index contributed by atoms with van der Waals surface area (Å²) in [6.45, 7) is 8.54. The second-order valence-electron chi connectivity index (χ2n) is 7.66. The zero-order valence-corrected chi connectivity index (χ0v) is 16.5. The lowest BCUT2D eigenvalue weighted by Gasteiger charge is -2.36. The average molecular weight is 377 g/mol. The Hall–Kier alpha value is -2.49. The van der Waals surface area contributed by atoms with E-state index in [0.29, 0.717) is 11.5 Å². The van der Waals surface area contributed by atoms with E-state index in [9.17, 15) is 0 Å². The Morgan fingerprint density at radius 2 is 1.79 bits per heavy atom. The summed E-state index contributed by atoms with van der Waals surface area (Å²) in [4.78, 5) is 14.3. The van der Waals surface area contributed by atoms with E-state index < -0.39 is 0 Å². The van der Waals surface area contributed by atoms with Crippen LogP contribution < -0.4 is 4.90 Å². The molecule has 0 bridgehead atoms. The molecule has 2 aliphatic rings. The minimum atomic E-state index is 0.492. The number of ether oxygens (including phenoxy) is 1. The van der Waals surface area contributed by atoms with Crippen LogP contribution in [0.1, 0.15) is 41.4 Å². The molecule has 146 valence electrons. The highest BCUT2D eigenvalue weighted by molar-refractivity contribution is 5.41. The van der Waals surface area contributed by atoms with Gasteiger partial charge in [0.25, 0.3) is 0 Å². The monoisotopic (exact) mass is 377 g/mol. The fraction of sp³-hybridized carbons (Fsp3) is 0.500. The highest BCUT2D eigenvalue weighted by Gasteiger charge is 2.22. The molecule has 1 aromatic heterocycles. The molecule has 0 unspecified atom stereocenters. The number of anilines is 1. The number of rotatable bonds is 4. The second-order valence-corrected chi connectivity index (χ2v) is 7.66. The Balaban J connectivity index is 1.37. The molecule has 0 radical (unpaired) electrons. The fourth-order valence-corrected chi connectivity index (χ4v) is 4.02. The Labute approximate surface area is 166 Å². The second kappa shape index (κ2) is 8.68. The normalized spacial score (nSPS) is 18.8. The minimum absolute atomic E-state index is 0.492. The van der Waals surface area contributed by atoms with Crippen LogP contribution in [0.4, 0.5) is 5.82 Å². The van der Waals surface area contributed by atoms with Gasteiger partial charge in [-0.15, -0.1) is 0 Å². The molecule has 6 heteroatoms. The average Bonchev–Trinajstić information content (AvgIpc) is 2.75. The molecule has 2 aliphatic heterocycles. The van der Waals surface area contributed by atoms with Gasteiger partial charge in [0.15, 0.2) is 0 Å². The van der Waals surface area contributed by atoms with Crippen LogP contribution >= 0.6 is 0 Å². The van der Waals surface area contributed by atoms with Crippen LogP contribution in [-0.2, 0) is 11.3 Å². The van der Waals surface area contributed by atoms with E-state index in [1.54, 1.807) is 0 Å². The third-order valence-electron chi connectivity index (χ3n) is 5.67. The van der Waals surface area contributed by atoms with Crippen LogP contribution in [0.15, 0.2) is 30.3 Å². The molecule has 4 rings (SSSR count). The van der Waals surface area contributed by atoms with Crippen molar-refractivity contribution in [1.82, 2.24) is 14.9 Å². The number of hydrogen-bond donors (Lipinski definition) is 0. The molecule has 3 heterocycles. The molecule has 0 spiro atoms. The standard InChI is InChI=1S/C22H27N5O/c1-17-24-21(20-6-12-28-13-7-20)14-22(25-17)27-10-8-26(9-11-27)16-19-4-2-18(15-23)3-5-19/h2-5,14,20H,6-13,16H2,1H3. The molecule has 2 aromatic rings. The van der Waals surface area contributed by atoms with E-state index in [4.69, 9.17) is 20.0 Å². The third kappa shape index (κ3) is 4.49. The number of aromatic nitrogens is 2. The van der Waals surface area contributed by atoms with Crippen molar-refractivity contribution in [3.63, 3.8) is 0 Å². The quantitative estimate of drug-likeness (QED) is 0.816. The minimum Gasteiger partial charge on any atom is -0.381 e. The first kappa shape index (κ1) is 18.9. The van der Waals surface area contributed by atoms with Gasteiger partial charge in [0, 0.05) is 63.6 Å². The highest BCUT2D eigenvalue weighted by atomic mass is 16.5. The summed E-state index contributed by atoms with van der Waals surface area (Å²) in [6.07, 6.45) is 2.10. The predicted octanol–water partition coefficient (Wildman–Crippen LogP) is 2.87. The number of piperazine rings is 1. The van der Waals surface area contributed by atoms with Gasteiger partial charge >= 0.3 is 0 Å². The van der Waals surface area contributed by atoms with E-state index in [-0.39, 0.29) is 0 Å². The van der Waals surface area contributed by atoms with Crippen molar-refractivity contribution in [3.8, 4) is 6.07 Å². The Bertz CT molecular complexity index is 831. The van der Waals surface area contributed by atoms with Crippen LogP contribution in [0, 0.1) is 18.3 Å². The predicted molar refractivity (Wildman–Crippen MR) is 108 cm³/mol. The molecule has 0 saturated carbocycles. The summed E-state index contributed by atoms with van der Waals surface area (Å²) in [5, 5.41) is 8.93. The van der Waals surface area contributed by atoms with Gasteiger partial charge in [-0.3, -0.25) is 4.90 Å². The Morgan fingerprint density at radius 1 is 1.07 bits per heavy atom. The largest absolute Gasteiger partial charge is 0.381 e. The highest BCUT2D eigenvalue weighted by Crippen LogP contribution is 2.28. The van der Waals surface area contributed by atoms with E-state index in [1.165, 1.54) is 11.3 Å².